The SMILES string of the molecule is Cc1ccccc1OCCC1CCCC1(O)CN. The molecule has 0 aliphatic heterocycles. The van der Waals surface area contributed by atoms with Gasteiger partial charge in [0.1, 0.15) is 5.75 Å². The van der Waals surface area contributed by atoms with E-state index in [2.05, 4.69) is 0 Å². The Kier molecular flexibility index (Phi) is 4.25. The van der Waals surface area contributed by atoms with E-state index in [1.165, 1.54) is 0 Å². The van der Waals surface area contributed by atoms with E-state index in [-0.39, 0.29) is 5.92 Å². The second-order valence-electron chi connectivity index (χ2n) is 5.30. The molecule has 1 aliphatic carbocycles. The van der Waals surface area contributed by atoms with Gasteiger partial charge in [0.15, 0.2) is 0 Å². The molecule has 1 fully saturated rings. The lowest BCUT2D eigenvalue weighted by atomic mass is 9.88. The highest BCUT2D eigenvalue weighted by Gasteiger charge is 2.39. The van der Waals surface area contributed by atoms with Crippen molar-refractivity contribution in [3.63, 3.8) is 0 Å². The van der Waals surface area contributed by atoms with E-state index in [1.807, 2.05) is 31.2 Å². The fourth-order valence-electron chi connectivity index (χ4n) is 2.84. The van der Waals surface area contributed by atoms with Crippen LogP contribution in [-0.4, -0.2) is 23.9 Å². The number of aryl methyl sites for hydroxylation is 1. The van der Waals surface area contributed by atoms with Crippen LogP contribution in [-0.2, 0) is 0 Å². The van der Waals surface area contributed by atoms with E-state index < -0.39 is 5.60 Å². The predicted octanol–water partition coefficient (Wildman–Crippen LogP) is 2.25. The summed E-state index contributed by atoms with van der Waals surface area (Å²) in [5, 5.41) is 10.3. The third-order valence-corrected chi connectivity index (χ3v) is 4.09. The van der Waals surface area contributed by atoms with Crippen LogP contribution >= 0.6 is 0 Å². The lowest BCUT2D eigenvalue weighted by molar-refractivity contribution is 0.00353. The maximum absolute atomic E-state index is 10.3. The molecular formula is C15H23NO2. The van der Waals surface area contributed by atoms with Gasteiger partial charge < -0.3 is 15.6 Å². The van der Waals surface area contributed by atoms with Crippen LogP contribution in [0.15, 0.2) is 24.3 Å². The van der Waals surface area contributed by atoms with Gasteiger partial charge in [-0.25, -0.2) is 0 Å². The van der Waals surface area contributed by atoms with Crippen LogP contribution in [0.4, 0.5) is 0 Å². The van der Waals surface area contributed by atoms with Crippen molar-refractivity contribution >= 4 is 0 Å². The molecule has 0 amide bonds. The third kappa shape index (κ3) is 2.85. The van der Waals surface area contributed by atoms with Crippen molar-refractivity contribution in [3.05, 3.63) is 29.8 Å². The molecule has 3 nitrogen and oxygen atoms in total. The van der Waals surface area contributed by atoms with Gasteiger partial charge >= 0.3 is 0 Å². The molecule has 0 saturated heterocycles. The first-order chi connectivity index (χ1) is 8.65. The highest BCUT2D eigenvalue weighted by Crippen LogP contribution is 2.37. The largest absolute Gasteiger partial charge is 0.493 e. The number of hydrogen-bond donors (Lipinski definition) is 2. The number of aliphatic hydroxyl groups is 1. The van der Waals surface area contributed by atoms with Gasteiger partial charge in [0, 0.05) is 6.54 Å². The molecule has 1 aliphatic rings. The Hall–Kier alpha value is -1.06. The molecule has 2 atom stereocenters. The van der Waals surface area contributed by atoms with E-state index in [0.717, 1.165) is 37.0 Å². The lowest BCUT2D eigenvalue weighted by Crippen LogP contribution is -2.41. The Bertz CT molecular complexity index is 394. The zero-order valence-corrected chi connectivity index (χ0v) is 11.1. The first-order valence-corrected chi connectivity index (χ1v) is 6.76. The van der Waals surface area contributed by atoms with E-state index in [9.17, 15) is 5.11 Å². The van der Waals surface area contributed by atoms with E-state index in [1.54, 1.807) is 0 Å². The maximum atomic E-state index is 10.3. The monoisotopic (exact) mass is 249 g/mol. The second kappa shape index (κ2) is 5.72. The summed E-state index contributed by atoms with van der Waals surface area (Å²) >= 11 is 0. The Morgan fingerprint density at radius 3 is 2.94 bits per heavy atom. The van der Waals surface area contributed by atoms with Gasteiger partial charge in [-0.1, -0.05) is 24.6 Å². The molecule has 3 heteroatoms. The van der Waals surface area contributed by atoms with Crippen molar-refractivity contribution < 1.29 is 9.84 Å². The van der Waals surface area contributed by atoms with Crippen LogP contribution in [0.25, 0.3) is 0 Å². The van der Waals surface area contributed by atoms with E-state index >= 15 is 0 Å². The average molecular weight is 249 g/mol. The molecule has 1 saturated carbocycles. The molecule has 0 bridgehead atoms. The van der Waals surface area contributed by atoms with Crippen molar-refractivity contribution in [2.24, 2.45) is 11.7 Å². The van der Waals surface area contributed by atoms with Gasteiger partial charge in [-0.3, -0.25) is 0 Å². The van der Waals surface area contributed by atoms with Crippen molar-refractivity contribution in [2.75, 3.05) is 13.2 Å². The van der Waals surface area contributed by atoms with Crippen LogP contribution in [0, 0.1) is 12.8 Å². The van der Waals surface area contributed by atoms with Gasteiger partial charge in [0.25, 0.3) is 0 Å². The smallest absolute Gasteiger partial charge is 0.122 e. The summed E-state index contributed by atoms with van der Waals surface area (Å²) in [4.78, 5) is 0. The first kappa shape index (κ1) is 13.4. The highest BCUT2D eigenvalue weighted by molar-refractivity contribution is 5.31. The summed E-state index contributed by atoms with van der Waals surface area (Å²) in [6.45, 7) is 3.06. The predicted molar refractivity (Wildman–Crippen MR) is 72.6 cm³/mol. The fourth-order valence-corrected chi connectivity index (χ4v) is 2.84. The fraction of sp³-hybridized carbons (Fsp3) is 0.600. The summed E-state index contributed by atoms with van der Waals surface area (Å²) in [6, 6.07) is 8.01. The third-order valence-electron chi connectivity index (χ3n) is 4.09. The van der Waals surface area contributed by atoms with Crippen molar-refractivity contribution in [1.29, 1.82) is 0 Å². The van der Waals surface area contributed by atoms with E-state index in [0.29, 0.717) is 13.2 Å². The van der Waals surface area contributed by atoms with Crippen LogP contribution < -0.4 is 10.5 Å². The zero-order valence-electron chi connectivity index (χ0n) is 11.1. The van der Waals surface area contributed by atoms with Gasteiger partial charge in [-0.05, 0) is 43.7 Å². The molecule has 0 spiro atoms. The molecule has 100 valence electrons. The minimum absolute atomic E-state index is 0.284. The normalized spacial score (nSPS) is 27.4. The molecule has 3 N–H and O–H groups in total. The number of ether oxygens (including phenoxy) is 1. The molecule has 0 aromatic heterocycles. The van der Waals surface area contributed by atoms with Crippen LogP contribution in [0.1, 0.15) is 31.2 Å². The summed E-state index contributed by atoms with van der Waals surface area (Å²) < 4.78 is 5.78. The molecule has 18 heavy (non-hydrogen) atoms. The molecular weight excluding hydrogens is 226 g/mol. The molecule has 2 rings (SSSR count). The van der Waals surface area contributed by atoms with Gasteiger partial charge in [-0.15, -0.1) is 0 Å². The first-order valence-electron chi connectivity index (χ1n) is 6.76. The van der Waals surface area contributed by atoms with E-state index in [4.69, 9.17) is 10.5 Å². The number of hydrogen-bond acceptors (Lipinski definition) is 3. The lowest BCUT2D eigenvalue weighted by Gasteiger charge is -2.28. The topological polar surface area (TPSA) is 55.5 Å². The van der Waals surface area contributed by atoms with Crippen LogP contribution in [0.2, 0.25) is 0 Å². The number of para-hydroxylation sites is 1. The van der Waals surface area contributed by atoms with Gasteiger partial charge in [0.2, 0.25) is 0 Å². The highest BCUT2D eigenvalue weighted by atomic mass is 16.5. The van der Waals surface area contributed by atoms with Crippen molar-refractivity contribution in [3.8, 4) is 5.75 Å². The number of benzene rings is 1. The number of nitrogens with two attached hydrogens (primary N) is 1. The Morgan fingerprint density at radius 2 is 2.22 bits per heavy atom. The van der Waals surface area contributed by atoms with Crippen molar-refractivity contribution in [1.82, 2.24) is 0 Å². The van der Waals surface area contributed by atoms with Gasteiger partial charge in [-0.2, -0.15) is 0 Å². The average Bonchev–Trinajstić information content (AvgIpc) is 2.74. The summed E-state index contributed by atoms with van der Waals surface area (Å²) in [6.07, 6.45) is 3.84. The summed E-state index contributed by atoms with van der Waals surface area (Å²) in [5.41, 5.74) is 6.17. The Morgan fingerprint density at radius 1 is 1.44 bits per heavy atom. The van der Waals surface area contributed by atoms with Crippen molar-refractivity contribution in [2.45, 2.75) is 38.2 Å². The Labute approximate surface area is 109 Å². The standard InChI is InChI=1S/C15H23NO2/c1-12-5-2-3-7-14(12)18-10-8-13-6-4-9-15(13,17)11-16/h2-3,5,7,13,17H,4,6,8-11,16H2,1H3. The molecule has 0 radical (unpaired) electrons. The second-order valence-corrected chi connectivity index (χ2v) is 5.30. The van der Waals surface area contributed by atoms with Crippen LogP contribution in [0.3, 0.4) is 0 Å². The van der Waals surface area contributed by atoms with Gasteiger partial charge in [0.05, 0.1) is 12.2 Å². The molecule has 2 unspecified atom stereocenters. The summed E-state index contributed by atoms with van der Waals surface area (Å²) in [5.74, 6) is 1.22. The minimum atomic E-state index is -0.658. The maximum Gasteiger partial charge on any atom is 0.122 e. The molecule has 1 aromatic carbocycles. The Balaban J connectivity index is 1.84. The minimum Gasteiger partial charge on any atom is -0.493 e. The number of rotatable bonds is 5. The zero-order chi connectivity index (χ0) is 13.0. The molecule has 1 aromatic rings. The summed E-state index contributed by atoms with van der Waals surface area (Å²) in [7, 11) is 0. The molecule has 0 heterocycles. The quantitative estimate of drug-likeness (QED) is 0.841. The van der Waals surface area contributed by atoms with Crippen LogP contribution in [0.5, 0.6) is 5.75 Å².